The highest BCUT2D eigenvalue weighted by molar-refractivity contribution is 5.63. The van der Waals surface area contributed by atoms with Crippen LogP contribution in [-0.2, 0) is 4.74 Å². The molecule has 2 N–H and O–H groups in total. The SMILES string of the molecule is Nc1cc(F)c(N2C3CCC34OCC24)c(F)c1. The number of ether oxygens (including phenoxy) is 1. The van der Waals surface area contributed by atoms with Crippen LogP contribution in [0.1, 0.15) is 12.8 Å². The Bertz CT molecular complexity index is 478. The van der Waals surface area contributed by atoms with Crippen molar-refractivity contribution in [1.82, 2.24) is 0 Å². The second-order valence-corrected chi connectivity index (χ2v) is 5.08. The summed E-state index contributed by atoms with van der Waals surface area (Å²) < 4.78 is 33.2. The summed E-state index contributed by atoms with van der Waals surface area (Å²) in [7, 11) is 0. The molecule has 3 atom stereocenters. The van der Waals surface area contributed by atoms with E-state index < -0.39 is 11.6 Å². The fraction of sp³-hybridized carbons (Fsp3) is 0.500. The minimum Gasteiger partial charge on any atom is -0.399 e. The van der Waals surface area contributed by atoms with Crippen molar-refractivity contribution in [3.8, 4) is 0 Å². The number of hydrogen-bond donors (Lipinski definition) is 1. The van der Waals surface area contributed by atoms with Gasteiger partial charge < -0.3 is 15.4 Å². The van der Waals surface area contributed by atoms with Crippen molar-refractivity contribution in [2.45, 2.75) is 30.5 Å². The Hall–Kier alpha value is -1.36. The third kappa shape index (κ3) is 0.912. The standard InChI is InChI=1S/C12H12F2N2O/c13-7-3-6(15)4-8(14)11(7)16-9-1-2-12(9)10(16)5-17-12/h3-4,9-10H,1-2,5,15H2. The number of nitrogen functional groups attached to an aromatic ring is 1. The van der Waals surface area contributed by atoms with E-state index in [0.717, 1.165) is 12.8 Å². The fourth-order valence-corrected chi connectivity index (χ4v) is 3.46. The molecule has 2 aliphatic heterocycles. The van der Waals surface area contributed by atoms with Gasteiger partial charge in [0.2, 0.25) is 0 Å². The molecule has 3 fully saturated rings. The van der Waals surface area contributed by atoms with E-state index in [9.17, 15) is 8.78 Å². The van der Waals surface area contributed by atoms with E-state index in [-0.39, 0.29) is 29.1 Å². The topological polar surface area (TPSA) is 38.5 Å². The Kier molecular flexibility index (Phi) is 1.54. The summed E-state index contributed by atoms with van der Waals surface area (Å²) >= 11 is 0. The molecule has 0 amide bonds. The first-order chi connectivity index (χ1) is 8.13. The smallest absolute Gasteiger partial charge is 0.151 e. The summed E-state index contributed by atoms with van der Waals surface area (Å²) in [6.45, 7) is 0.569. The van der Waals surface area contributed by atoms with Crippen molar-refractivity contribution in [1.29, 1.82) is 0 Å². The molecule has 4 rings (SSSR count). The highest BCUT2D eigenvalue weighted by Crippen LogP contribution is 2.60. The van der Waals surface area contributed by atoms with Gasteiger partial charge in [0.05, 0.1) is 18.7 Å². The molecule has 1 aromatic carbocycles. The molecule has 2 heterocycles. The maximum atomic E-state index is 13.8. The predicted molar refractivity (Wildman–Crippen MR) is 58.7 cm³/mol. The summed E-state index contributed by atoms with van der Waals surface area (Å²) in [5, 5.41) is 0. The van der Waals surface area contributed by atoms with Gasteiger partial charge in [0.25, 0.3) is 0 Å². The van der Waals surface area contributed by atoms with Gasteiger partial charge in [-0.05, 0) is 25.0 Å². The Morgan fingerprint density at radius 3 is 2.41 bits per heavy atom. The summed E-state index contributed by atoms with van der Waals surface area (Å²) in [5.74, 6) is -1.15. The lowest BCUT2D eigenvalue weighted by atomic mass is 9.57. The van der Waals surface area contributed by atoms with Crippen LogP contribution < -0.4 is 10.6 Å². The molecule has 0 bridgehead atoms. The van der Waals surface area contributed by atoms with E-state index >= 15 is 0 Å². The van der Waals surface area contributed by atoms with Crippen LogP contribution in [0.15, 0.2) is 12.1 Å². The van der Waals surface area contributed by atoms with Crippen molar-refractivity contribution in [3.63, 3.8) is 0 Å². The second kappa shape index (κ2) is 2.72. The summed E-state index contributed by atoms with van der Waals surface area (Å²) in [4.78, 5) is 1.83. The average molecular weight is 238 g/mol. The molecule has 0 aromatic heterocycles. The molecule has 0 radical (unpaired) electrons. The van der Waals surface area contributed by atoms with Gasteiger partial charge in [-0.3, -0.25) is 0 Å². The second-order valence-electron chi connectivity index (χ2n) is 5.08. The number of benzene rings is 1. The van der Waals surface area contributed by atoms with Crippen LogP contribution in [0, 0.1) is 11.6 Å². The summed E-state index contributed by atoms with van der Waals surface area (Å²) in [6.07, 6.45) is 1.96. The number of hydrogen-bond acceptors (Lipinski definition) is 3. The lowest BCUT2D eigenvalue weighted by Gasteiger charge is -2.75. The monoisotopic (exact) mass is 238 g/mol. The first kappa shape index (κ1) is 9.65. The van der Waals surface area contributed by atoms with Crippen molar-refractivity contribution in [3.05, 3.63) is 23.8 Å². The molecule has 3 aliphatic rings. The molecule has 2 saturated heterocycles. The van der Waals surface area contributed by atoms with E-state index in [1.165, 1.54) is 12.1 Å². The molecule has 3 unspecified atom stereocenters. The average Bonchev–Trinajstić information content (AvgIpc) is 2.11. The van der Waals surface area contributed by atoms with Crippen molar-refractivity contribution < 1.29 is 13.5 Å². The number of anilines is 2. The number of rotatable bonds is 1. The zero-order valence-electron chi connectivity index (χ0n) is 9.12. The molecule has 1 aliphatic carbocycles. The normalized spacial score (nSPS) is 37.4. The Balaban J connectivity index is 1.77. The molecular weight excluding hydrogens is 226 g/mol. The molecule has 1 saturated carbocycles. The van der Waals surface area contributed by atoms with Gasteiger partial charge in [0, 0.05) is 5.69 Å². The van der Waals surface area contributed by atoms with Crippen LogP contribution in [0.5, 0.6) is 0 Å². The molecule has 17 heavy (non-hydrogen) atoms. The van der Waals surface area contributed by atoms with E-state index in [1.807, 2.05) is 4.90 Å². The third-order valence-electron chi connectivity index (χ3n) is 4.42. The van der Waals surface area contributed by atoms with Crippen molar-refractivity contribution in [2.24, 2.45) is 0 Å². The number of piperidine rings is 1. The third-order valence-corrected chi connectivity index (χ3v) is 4.42. The Labute approximate surface area is 97.1 Å². The van der Waals surface area contributed by atoms with Gasteiger partial charge in [0.15, 0.2) is 11.6 Å². The fourth-order valence-electron chi connectivity index (χ4n) is 3.46. The molecule has 5 heteroatoms. The first-order valence-corrected chi connectivity index (χ1v) is 5.80. The van der Waals surface area contributed by atoms with E-state index in [4.69, 9.17) is 10.5 Å². The lowest BCUT2D eigenvalue weighted by molar-refractivity contribution is -0.276. The number of morpholine rings is 1. The van der Waals surface area contributed by atoms with Crippen LogP contribution in [-0.4, -0.2) is 24.3 Å². The maximum absolute atomic E-state index is 13.8. The van der Waals surface area contributed by atoms with Gasteiger partial charge >= 0.3 is 0 Å². The van der Waals surface area contributed by atoms with E-state index in [0.29, 0.717) is 6.61 Å². The predicted octanol–water partition coefficient (Wildman–Crippen LogP) is 1.67. The molecule has 1 aromatic rings. The number of nitrogens with zero attached hydrogens (tertiary/aromatic N) is 1. The quantitative estimate of drug-likeness (QED) is 0.756. The van der Waals surface area contributed by atoms with Crippen LogP contribution >= 0.6 is 0 Å². The number of halogens is 2. The highest BCUT2D eigenvalue weighted by atomic mass is 19.1. The van der Waals surface area contributed by atoms with Crippen LogP contribution in [0.4, 0.5) is 20.2 Å². The lowest BCUT2D eigenvalue weighted by Crippen LogP contribution is -2.90. The van der Waals surface area contributed by atoms with Gasteiger partial charge in [-0.25, -0.2) is 8.78 Å². The summed E-state index contributed by atoms with van der Waals surface area (Å²) in [5.41, 5.74) is 5.51. The largest absolute Gasteiger partial charge is 0.399 e. The Morgan fingerprint density at radius 1 is 1.29 bits per heavy atom. The number of nitrogens with two attached hydrogens (primary N) is 1. The maximum Gasteiger partial charge on any atom is 0.151 e. The van der Waals surface area contributed by atoms with Gasteiger partial charge in [-0.2, -0.15) is 0 Å². The molecular formula is C12H12F2N2O. The minimum atomic E-state index is -0.574. The zero-order valence-corrected chi connectivity index (χ0v) is 9.12. The first-order valence-electron chi connectivity index (χ1n) is 5.80. The molecule has 1 spiro atoms. The van der Waals surface area contributed by atoms with E-state index in [1.54, 1.807) is 0 Å². The minimum absolute atomic E-state index is 0.0628. The van der Waals surface area contributed by atoms with Gasteiger partial charge in [0.1, 0.15) is 11.3 Å². The molecule has 90 valence electrons. The van der Waals surface area contributed by atoms with Crippen LogP contribution in [0.2, 0.25) is 0 Å². The highest BCUT2D eigenvalue weighted by Gasteiger charge is 2.73. The van der Waals surface area contributed by atoms with E-state index in [2.05, 4.69) is 0 Å². The van der Waals surface area contributed by atoms with Crippen molar-refractivity contribution >= 4 is 11.4 Å². The van der Waals surface area contributed by atoms with Crippen molar-refractivity contribution in [2.75, 3.05) is 17.2 Å². The van der Waals surface area contributed by atoms with Gasteiger partial charge in [-0.15, -0.1) is 0 Å². The van der Waals surface area contributed by atoms with Gasteiger partial charge in [-0.1, -0.05) is 0 Å². The summed E-state index contributed by atoms with van der Waals surface area (Å²) in [6, 6.07) is 2.65. The Morgan fingerprint density at radius 2 is 2.00 bits per heavy atom. The van der Waals surface area contributed by atoms with Crippen LogP contribution in [0.3, 0.4) is 0 Å². The molecule has 3 nitrogen and oxygen atoms in total. The zero-order chi connectivity index (χ0) is 11.8. The van der Waals surface area contributed by atoms with Crippen LogP contribution in [0.25, 0.3) is 0 Å².